The topological polar surface area (TPSA) is 84.5 Å². The highest BCUT2D eigenvalue weighted by atomic mass is 35.5. The van der Waals surface area contributed by atoms with Crippen LogP contribution in [-0.4, -0.2) is 21.4 Å². The monoisotopic (exact) mass is 464 g/mol. The van der Waals surface area contributed by atoms with E-state index in [9.17, 15) is 13.2 Å². The van der Waals surface area contributed by atoms with Gasteiger partial charge in [0.15, 0.2) is 0 Å². The van der Waals surface area contributed by atoms with E-state index in [1.54, 1.807) is 49.4 Å². The van der Waals surface area contributed by atoms with Gasteiger partial charge >= 0.3 is 0 Å². The number of methoxy groups -OCH3 is 1. The number of nitrogens with one attached hydrogen (secondary N) is 2. The number of hydrogen-bond acceptors (Lipinski definition) is 4. The Labute approximate surface area is 184 Å². The maximum atomic E-state index is 12.7. The number of ether oxygens (including phenoxy) is 1. The average molecular weight is 465 g/mol. The van der Waals surface area contributed by atoms with Gasteiger partial charge in [-0.15, -0.1) is 0 Å². The van der Waals surface area contributed by atoms with Crippen LogP contribution in [0.5, 0.6) is 5.75 Å². The van der Waals surface area contributed by atoms with Crippen molar-refractivity contribution in [2.45, 2.75) is 11.8 Å². The molecular weight excluding hydrogens is 447 g/mol. The van der Waals surface area contributed by atoms with E-state index >= 15 is 0 Å². The van der Waals surface area contributed by atoms with Gasteiger partial charge in [0, 0.05) is 16.3 Å². The van der Waals surface area contributed by atoms with Gasteiger partial charge in [-0.05, 0) is 73.2 Å². The van der Waals surface area contributed by atoms with Crippen LogP contribution in [0.2, 0.25) is 10.0 Å². The molecule has 0 aliphatic rings. The fraction of sp³-hybridized carbons (Fsp3) is 0.0952. The fourth-order valence-corrected chi connectivity index (χ4v) is 4.20. The minimum Gasteiger partial charge on any atom is -0.495 e. The number of amides is 1. The highest BCUT2D eigenvalue weighted by molar-refractivity contribution is 7.92. The normalized spacial score (nSPS) is 11.1. The molecule has 0 bridgehead atoms. The molecule has 6 nitrogen and oxygen atoms in total. The Morgan fingerprint density at radius 2 is 1.67 bits per heavy atom. The zero-order valence-electron chi connectivity index (χ0n) is 16.1. The van der Waals surface area contributed by atoms with Crippen molar-refractivity contribution < 1.29 is 17.9 Å². The number of anilines is 2. The molecular formula is C21H18Cl2N2O4S. The molecule has 9 heteroatoms. The molecule has 0 saturated carbocycles. The maximum absolute atomic E-state index is 12.7. The number of rotatable bonds is 6. The van der Waals surface area contributed by atoms with Crippen LogP contribution in [0.15, 0.2) is 65.6 Å². The quantitative estimate of drug-likeness (QED) is 0.513. The minimum atomic E-state index is -3.85. The summed E-state index contributed by atoms with van der Waals surface area (Å²) >= 11 is 11.9. The molecule has 0 saturated heterocycles. The second-order valence-corrected chi connectivity index (χ2v) is 8.92. The van der Waals surface area contributed by atoms with Crippen molar-refractivity contribution in [3.63, 3.8) is 0 Å². The van der Waals surface area contributed by atoms with Gasteiger partial charge in [0.1, 0.15) is 5.75 Å². The van der Waals surface area contributed by atoms with Crippen molar-refractivity contribution in [3.05, 3.63) is 81.8 Å². The van der Waals surface area contributed by atoms with Gasteiger partial charge in [0.25, 0.3) is 15.9 Å². The van der Waals surface area contributed by atoms with Crippen LogP contribution in [0, 0.1) is 6.92 Å². The van der Waals surface area contributed by atoms with E-state index in [1.165, 1.54) is 25.3 Å². The third kappa shape index (κ3) is 5.05. The lowest BCUT2D eigenvalue weighted by atomic mass is 10.1. The maximum Gasteiger partial charge on any atom is 0.261 e. The predicted octanol–water partition coefficient (Wildman–Crippen LogP) is 5.36. The second kappa shape index (κ2) is 8.95. The molecule has 3 aromatic rings. The average Bonchev–Trinajstić information content (AvgIpc) is 2.69. The van der Waals surface area contributed by atoms with Crippen molar-refractivity contribution in [2.24, 2.45) is 0 Å². The van der Waals surface area contributed by atoms with Crippen LogP contribution in [-0.2, 0) is 10.0 Å². The Morgan fingerprint density at radius 1 is 0.967 bits per heavy atom. The Bertz CT molecular complexity index is 1200. The van der Waals surface area contributed by atoms with Crippen LogP contribution in [0.3, 0.4) is 0 Å². The van der Waals surface area contributed by atoms with Crippen LogP contribution in [0.1, 0.15) is 15.9 Å². The summed E-state index contributed by atoms with van der Waals surface area (Å²) in [5.41, 5.74) is 1.83. The van der Waals surface area contributed by atoms with Gasteiger partial charge in [-0.1, -0.05) is 23.2 Å². The summed E-state index contributed by atoms with van der Waals surface area (Å²) in [7, 11) is -2.38. The Balaban J connectivity index is 1.78. The summed E-state index contributed by atoms with van der Waals surface area (Å²) in [6.07, 6.45) is 0. The van der Waals surface area contributed by atoms with E-state index in [2.05, 4.69) is 10.0 Å². The summed E-state index contributed by atoms with van der Waals surface area (Å²) < 4.78 is 33.0. The third-order valence-corrected chi connectivity index (χ3v) is 6.19. The number of carbonyl (C=O) groups excluding carboxylic acids is 1. The van der Waals surface area contributed by atoms with Crippen molar-refractivity contribution in [3.8, 4) is 5.75 Å². The first-order chi connectivity index (χ1) is 14.2. The van der Waals surface area contributed by atoms with Gasteiger partial charge in [-0.25, -0.2) is 8.42 Å². The van der Waals surface area contributed by atoms with Crippen LogP contribution in [0.4, 0.5) is 11.4 Å². The van der Waals surface area contributed by atoms with Crippen molar-refractivity contribution in [1.82, 2.24) is 0 Å². The van der Waals surface area contributed by atoms with Gasteiger partial charge < -0.3 is 10.1 Å². The lowest BCUT2D eigenvalue weighted by molar-refractivity contribution is 0.102. The number of halogens is 2. The van der Waals surface area contributed by atoms with E-state index < -0.39 is 10.0 Å². The summed E-state index contributed by atoms with van der Waals surface area (Å²) in [6.45, 7) is 1.71. The third-order valence-electron chi connectivity index (χ3n) is 4.27. The number of hydrogen-bond donors (Lipinski definition) is 2. The molecule has 3 rings (SSSR count). The zero-order chi connectivity index (χ0) is 21.9. The van der Waals surface area contributed by atoms with Crippen molar-refractivity contribution in [2.75, 3.05) is 17.1 Å². The van der Waals surface area contributed by atoms with Crippen molar-refractivity contribution >= 4 is 50.5 Å². The molecule has 30 heavy (non-hydrogen) atoms. The molecule has 0 aromatic heterocycles. The second-order valence-electron chi connectivity index (χ2n) is 6.39. The standard InChI is InChI=1S/C21H18Cl2N2O4S/c1-13-11-17(30(27,28)25-16-7-10-20(29-2)18(23)12-16)8-9-19(13)24-21(26)14-3-5-15(22)6-4-14/h3-12,25H,1-2H3,(H,24,26). The first-order valence-electron chi connectivity index (χ1n) is 8.73. The molecule has 0 fully saturated rings. The molecule has 156 valence electrons. The zero-order valence-corrected chi connectivity index (χ0v) is 18.4. The molecule has 0 unspecified atom stereocenters. The molecule has 0 spiro atoms. The fourth-order valence-electron chi connectivity index (χ4n) is 2.68. The highest BCUT2D eigenvalue weighted by Crippen LogP contribution is 2.29. The van der Waals surface area contributed by atoms with E-state index in [4.69, 9.17) is 27.9 Å². The Hall–Kier alpha value is -2.74. The molecule has 0 aliphatic carbocycles. The summed E-state index contributed by atoms with van der Waals surface area (Å²) in [6, 6.07) is 15.5. The molecule has 0 atom stereocenters. The first kappa shape index (κ1) is 22.0. The van der Waals surface area contributed by atoms with Gasteiger partial charge in [0.05, 0.1) is 22.7 Å². The molecule has 0 heterocycles. The van der Waals surface area contributed by atoms with E-state index in [-0.39, 0.29) is 15.8 Å². The van der Waals surface area contributed by atoms with Gasteiger partial charge in [-0.2, -0.15) is 0 Å². The molecule has 3 aromatic carbocycles. The highest BCUT2D eigenvalue weighted by Gasteiger charge is 2.17. The first-order valence-corrected chi connectivity index (χ1v) is 11.0. The lowest BCUT2D eigenvalue weighted by Gasteiger charge is -2.13. The molecule has 0 radical (unpaired) electrons. The summed E-state index contributed by atoms with van der Waals surface area (Å²) in [4.78, 5) is 12.4. The van der Waals surface area contributed by atoms with Crippen LogP contribution in [0.25, 0.3) is 0 Å². The van der Waals surface area contributed by atoms with Crippen molar-refractivity contribution in [1.29, 1.82) is 0 Å². The van der Waals surface area contributed by atoms with E-state index in [0.29, 0.717) is 33.3 Å². The SMILES string of the molecule is COc1ccc(NS(=O)(=O)c2ccc(NC(=O)c3ccc(Cl)cc3)c(C)c2)cc1Cl. The molecule has 1 amide bonds. The molecule has 0 aliphatic heterocycles. The minimum absolute atomic E-state index is 0.0523. The predicted molar refractivity (Wildman–Crippen MR) is 119 cm³/mol. The number of carbonyl (C=O) groups is 1. The van der Waals surface area contributed by atoms with Crippen LogP contribution >= 0.6 is 23.2 Å². The summed E-state index contributed by atoms with van der Waals surface area (Å²) in [5.74, 6) is 0.118. The number of aryl methyl sites for hydroxylation is 1. The van der Waals surface area contributed by atoms with E-state index in [0.717, 1.165) is 0 Å². The molecule has 2 N–H and O–H groups in total. The Kier molecular flexibility index (Phi) is 6.55. The number of sulfonamides is 1. The lowest BCUT2D eigenvalue weighted by Crippen LogP contribution is -2.15. The van der Waals surface area contributed by atoms with E-state index in [1.807, 2.05) is 0 Å². The Morgan fingerprint density at radius 3 is 2.27 bits per heavy atom. The summed E-state index contributed by atoms with van der Waals surface area (Å²) in [5, 5.41) is 3.58. The van der Waals surface area contributed by atoms with Gasteiger partial charge in [-0.3, -0.25) is 9.52 Å². The van der Waals surface area contributed by atoms with Gasteiger partial charge in [0.2, 0.25) is 0 Å². The largest absolute Gasteiger partial charge is 0.495 e. The van der Waals surface area contributed by atoms with Crippen LogP contribution < -0.4 is 14.8 Å². The number of benzene rings is 3. The smallest absolute Gasteiger partial charge is 0.261 e.